The van der Waals surface area contributed by atoms with Gasteiger partial charge in [0.2, 0.25) is 0 Å². The molecule has 2 rings (SSSR count). The van der Waals surface area contributed by atoms with Crippen LogP contribution < -0.4 is 5.32 Å². The van der Waals surface area contributed by atoms with Crippen LogP contribution in [0.25, 0.3) is 0 Å². The summed E-state index contributed by atoms with van der Waals surface area (Å²) in [7, 11) is 0. The van der Waals surface area contributed by atoms with E-state index < -0.39 is 18.1 Å². The number of hydrogen-bond donors (Lipinski definition) is 1. The van der Waals surface area contributed by atoms with Gasteiger partial charge < -0.3 is 5.32 Å². The molecule has 1 fully saturated rings. The molecule has 1 aromatic rings. The molecule has 22 heavy (non-hydrogen) atoms. The van der Waals surface area contributed by atoms with Crippen LogP contribution in [0.1, 0.15) is 62.0 Å². The zero-order valence-corrected chi connectivity index (χ0v) is 13.8. The normalized spacial score (nSPS) is 17.1. The monoisotopic (exact) mass is 315 g/mol. The van der Waals surface area contributed by atoms with E-state index in [0.29, 0.717) is 5.56 Å². The Labute approximate surface area is 130 Å². The Morgan fingerprint density at radius 1 is 1.23 bits per heavy atom. The number of halogens is 3. The number of carbonyl (C=O) groups is 1. The average molecular weight is 315 g/mol. The SMILES string of the molecule is CC.Cc1cc(C(=O)NC(C)C(F)(F)F)cc(C2(C)CC2)c1. The van der Waals surface area contributed by atoms with Crippen LogP contribution >= 0.6 is 0 Å². The highest BCUT2D eigenvalue weighted by Crippen LogP contribution is 2.47. The number of amides is 1. The number of aryl methyl sites for hydroxylation is 1. The molecule has 5 heteroatoms. The van der Waals surface area contributed by atoms with E-state index in [1.165, 1.54) is 0 Å². The van der Waals surface area contributed by atoms with E-state index in [-0.39, 0.29) is 5.41 Å². The maximum absolute atomic E-state index is 12.5. The zero-order chi connectivity index (χ0) is 17.1. The summed E-state index contributed by atoms with van der Waals surface area (Å²) < 4.78 is 37.4. The molecule has 0 radical (unpaired) electrons. The molecule has 1 aliphatic rings. The van der Waals surface area contributed by atoms with Gasteiger partial charge in [-0.25, -0.2) is 0 Å². The van der Waals surface area contributed by atoms with Crippen molar-refractivity contribution in [2.75, 3.05) is 0 Å². The van der Waals surface area contributed by atoms with E-state index in [4.69, 9.17) is 0 Å². The summed E-state index contributed by atoms with van der Waals surface area (Å²) in [4.78, 5) is 11.9. The second kappa shape index (κ2) is 6.71. The molecule has 124 valence electrons. The fourth-order valence-electron chi connectivity index (χ4n) is 2.10. The molecule has 0 heterocycles. The third-order valence-electron chi connectivity index (χ3n) is 3.88. The summed E-state index contributed by atoms with van der Waals surface area (Å²) in [5.41, 5.74) is 2.29. The summed E-state index contributed by atoms with van der Waals surface area (Å²) in [6, 6.07) is 3.47. The topological polar surface area (TPSA) is 29.1 Å². The molecule has 0 bridgehead atoms. The molecule has 0 aliphatic heterocycles. The molecule has 2 nitrogen and oxygen atoms in total. The van der Waals surface area contributed by atoms with Gasteiger partial charge in [-0.2, -0.15) is 13.2 Å². The van der Waals surface area contributed by atoms with E-state index in [0.717, 1.165) is 30.9 Å². The maximum atomic E-state index is 12.5. The third-order valence-corrected chi connectivity index (χ3v) is 3.88. The van der Waals surface area contributed by atoms with Crippen LogP contribution in [-0.2, 0) is 5.41 Å². The predicted octanol–water partition coefficient (Wildman–Crippen LogP) is 4.75. The number of nitrogens with one attached hydrogen (secondary N) is 1. The lowest BCUT2D eigenvalue weighted by atomic mass is 9.94. The van der Waals surface area contributed by atoms with Crippen LogP contribution in [0.5, 0.6) is 0 Å². The first-order chi connectivity index (χ1) is 10.1. The van der Waals surface area contributed by atoms with Crippen LogP contribution in [-0.4, -0.2) is 18.1 Å². The van der Waals surface area contributed by atoms with Crippen molar-refractivity contribution in [3.63, 3.8) is 0 Å². The molecule has 1 aliphatic carbocycles. The molecule has 0 spiro atoms. The Morgan fingerprint density at radius 2 is 1.77 bits per heavy atom. The predicted molar refractivity (Wildman–Crippen MR) is 82.1 cm³/mol. The highest BCUT2D eigenvalue weighted by atomic mass is 19.4. The molecular weight excluding hydrogens is 291 g/mol. The summed E-state index contributed by atoms with van der Waals surface area (Å²) in [5, 5.41) is 2.00. The first kappa shape index (κ1) is 18.5. The van der Waals surface area contributed by atoms with E-state index in [2.05, 4.69) is 6.92 Å². The van der Waals surface area contributed by atoms with Gasteiger partial charge in [0.15, 0.2) is 0 Å². The van der Waals surface area contributed by atoms with Crippen molar-refractivity contribution in [3.8, 4) is 0 Å². The second-order valence-electron chi connectivity index (χ2n) is 5.89. The zero-order valence-electron chi connectivity index (χ0n) is 13.8. The van der Waals surface area contributed by atoms with Crippen LogP contribution in [0, 0.1) is 6.92 Å². The van der Waals surface area contributed by atoms with Crippen molar-refractivity contribution < 1.29 is 18.0 Å². The lowest BCUT2D eigenvalue weighted by molar-refractivity contribution is -0.149. The summed E-state index contributed by atoms with van der Waals surface area (Å²) in [6.07, 6.45) is -2.32. The maximum Gasteiger partial charge on any atom is 0.408 e. The van der Waals surface area contributed by atoms with Gasteiger partial charge in [-0.05, 0) is 49.8 Å². The number of benzene rings is 1. The van der Waals surface area contributed by atoms with Crippen molar-refractivity contribution in [1.29, 1.82) is 0 Å². The highest BCUT2D eigenvalue weighted by molar-refractivity contribution is 5.94. The largest absolute Gasteiger partial charge is 0.408 e. The number of hydrogen-bond acceptors (Lipinski definition) is 1. The minimum absolute atomic E-state index is 0.0801. The quantitative estimate of drug-likeness (QED) is 0.856. The van der Waals surface area contributed by atoms with E-state index >= 15 is 0 Å². The van der Waals surface area contributed by atoms with Gasteiger partial charge >= 0.3 is 6.18 Å². The Kier molecular flexibility index (Phi) is 5.65. The molecule has 1 atom stereocenters. The minimum Gasteiger partial charge on any atom is -0.341 e. The molecule has 1 N–H and O–H groups in total. The Bertz CT molecular complexity index is 533. The number of carbonyl (C=O) groups excluding carboxylic acids is 1. The van der Waals surface area contributed by atoms with Crippen molar-refractivity contribution >= 4 is 5.91 Å². The lowest BCUT2D eigenvalue weighted by Gasteiger charge is -2.18. The Hall–Kier alpha value is -1.52. The Morgan fingerprint density at radius 3 is 2.23 bits per heavy atom. The van der Waals surface area contributed by atoms with Gasteiger partial charge in [0.1, 0.15) is 6.04 Å². The molecule has 0 aromatic heterocycles. The molecule has 0 saturated heterocycles. The molecular formula is C17H24F3NO. The van der Waals surface area contributed by atoms with Crippen LogP contribution in [0.2, 0.25) is 0 Å². The van der Waals surface area contributed by atoms with Crippen LogP contribution in [0.15, 0.2) is 18.2 Å². The summed E-state index contributed by atoms with van der Waals surface area (Å²) >= 11 is 0. The van der Waals surface area contributed by atoms with E-state index in [1.807, 2.05) is 32.2 Å². The smallest absolute Gasteiger partial charge is 0.341 e. The molecule has 1 saturated carbocycles. The van der Waals surface area contributed by atoms with Gasteiger partial charge in [0, 0.05) is 5.56 Å². The average Bonchev–Trinajstić information content (AvgIpc) is 3.18. The van der Waals surface area contributed by atoms with Crippen molar-refractivity contribution in [2.24, 2.45) is 0 Å². The van der Waals surface area contributed by atoms with Gasteiger partial charge in [-0.1, -0.05) is 32.4 Å². The molecule has 1 amide bonds. The molecule has 1 unspecified atom stereocenters. The van der Waals surface area contributed by atoms with Gasteiger partial charge in [0.25, 0.3) is 5.91 Å². The van der Waals surface area contributed by atoms with Crippen molar-refractivity contribution in [3.05, 3.63) is 34.9 Å². The third kappa shape index (κ3) is 4.49. The fourth-order valence-corrected chi connectivity index (χ4v) is 2.10. The summed E-state index contributed by atoms with van der Waals surface area (Å²) in [6.45, 7) is 8.89. The van der Waals surface area contributed by atoms with Crippen LogP contribution in [0.4, 0.5) is 13.2 Å². The highest BCUT2D eigenvalue weighted by Gasteiger charge is 2.40. The Balaban J connectivity index is 0.00000116. The first-order valence-electron chi connectivity index (χ1n) is 7.61. The second-order valence-corrected chi connectivity index (χ2v) is 5.89. The lowest BCUT2D eigenvalue weighted by Crippen LogP contribution is -2.43. The van der Waals surface area contributed by atoms with Crippen molar-refractivity contribution in [1.82, 2.24) is 5.32 Å². The number of alkyl halides is 3. The van der Waals surface area contributed by atoms with Gasteiger partial charge in [-0.15, -0.1) is 0 Å². The fraction of sp³-hybridized carbons (Fsp3) is 0.588. The number of rotatable bonds is 3. The standard InChI is InChI=1S/C15H18F3NO.C2H6/c1-9-6-11(8-12(7-9)14(3)4-5-14)13(20)19-10(2)15(16,17)18;1-2/h6-8,10H,4-5H2,1-3H3,(H,19,20);1-2H3. The van der Waals surface area contributed by atoms with Crippen LogP contribution in [0.3, 0.4) is 0 Å². The first-order valence-corrected chi connectivity index (χ1v) is 7.61. The van der Waals surface area contributed by atoms with E-state index in [9.17, 15) is 18.0 Å². The summed E-state index contributed by atoms with van der Waals surface area (Å²) in [5.74, 6) is -0.677. The van der Waals surface area contributed by atoms with Gasteiger partial charge in [0.05, 0.1) is 0 Å². The van der Waals surface area contributed by atoms with Gasteiger partial charge in [-0.3, -0.25) is 4.79 Å². The molecule has 1 aromatic carbocycles. The minimum atomic E-state index is -4.43. The van der Waals surface area contributed by atoms with E-state index in [1.54, 1.807) is 12.1 Å². The van der Waals surface area contributed by atoms with Crippen molar-refractivity contribution in [2.45, 2.75) is 65.1 Å².